The van der Waals surface area contributed by atoms with Gasteiger partial charge >= 0.3 is 11.9 Å². The Bertz CT molecular complexity index is 433. The van der Waals surface area contributed by atoms with Gasteiger partial charge in [-0.2, -0.15) is 0 Å². The molecule has 0 aliphatic carbocycles. The molecule has 0 heterocycles. The highest BCUT2D eigenvalue weighted by Crippen LogP contribution is 2.12. The van der Waals surface area contributed by atoms with Gasteiger partial charge < -0.3 is 15.9 Å². The zero-order valence-corrected chi connectivity index (χ0v) is 8.18. The van der Waals surface area contributed by atoms with Crippen molar-refractivity contribution >= 4 is 11.9 Å². The van der Waals surface area contributed by atoms with E-state index in [0.29, 0.717) is 0 Å². The van der Waals surface area contributed by atoms with Gasteiger partial charge in [0, 0.05) is 6.42 Å². The molecule has 1 rings (SSSR count). The number of carbonyl (C=O) groups is 2. The Morgan fingerprint density at radius 2 is 2.00 bits per heavy atom. The van der Waals surface area contributed by atoms with Gasteiger partial charge in [0.05, 0.1) is 5.56 Å². The van der Waals surface area contributed by atoms with Crippen LogP contribution in [-0.4, -0.2) is 28.2 Å². The van der Waals surface area contributed by atoms with Crippen molar-refractivity contribution in [2.24, 2.45) is 5.73 Å². The highest BCUT2D eigenvalue weighted by molar-refractivity contribution is 5.87. The van der Waals surface area contributed by atoms with Crippen LogP contribution in [0.4, 0.5) is 4.39 Å². The van der Waals surface area contributed by atoms with Gasteiger partial charge in [-0.15, -0.1) is 0 Å². The molecule has 0 saturated heterocycles. The summed E-state index contributed by atoms with van der Waals surface area (Å²) >= 11 is 0. The van der Waals surface area contributed by atoms with Crippen molar-refractivity contribution in [3.05, 3.63) is 35.1 Å². The third kappa shape index (κ3) is 2.77. The maximum Gasteiger partial charge on any atom is 0.335 e. The van der Waals surface area contributed by atoms with Gasteiger partial charge in [0.2, 0.25) is 0 Å². The number of carboxylic acids is 2. The molecule has 0 bridgehead atoms. The van der Waals surface area contributed by atoms with Crippen molar-refractivity contribution in [1.82, 2.24) is 0 Å². The quantitative estimate of drug-likeness (QED) is 0.694. The summed E-state index contributed by atoms with van der Waals surface area (Å²) in [6.07, 6.45) is -0.179. The van der Waals surface area contributed by atoms with Crippen molar-refractivity contribution in [2.45, 2.75) is 12.5 Å². The minimum absolute atomic E-state index is 0.0832. The van der Waals surface area contributed by atoms with Crippen LogP contribution in [0.25, 0.3) is 0 Å². The summed E-state index contributed by atoms with van der Waals surface area (Å²) in [6, 6.07) is 2.06. The standard InChI is InChI=1S/C10H10FNO4/c11-7-3-6(9(13)14)2-1-5(7)4-8(12)10(15)16/h1-3,8H,4,12H2,(H,13,14)(H,15,16)/t8-/m0/s1. The Labute approximate surface area is 90.3 Å². The Hall–Kier alpha value is -1.95. The van der Waals surface area contributed by atoms with Crippen LogP contribution in [0.1, 0.15) is 15.9 Å². The van der Waals surface area contributed by atoms with Gasteiger partial charge in [0.25, 0.3) is 0 Å². The number of rotatable bonds is 4. The molecule has 0 radical (unpaired) electrons. The van der Waals surface area contributed by atoms with Gasteiger partial charge in [-0.1, -0.05) is 6.07 Å². The molecule has 4 N–H and O–H groups in total. The number of hydrogen-bond acceptors (Lipinski definition) is 3. The average molecular weight is 227 g/mol. The minimum Gasteiger partial charge on any atom is -0.480 e. The summed E-state index contributed by atoms with van der Waals surface area (Å²) in [5.41, 5.74) is 5.13. The first-order chi connectivity index (χ1) is 7.41. The summed E-state index contributed by atoms with van der Waals surface area (Å²) < 4.78 is 13.3. The van der Waals surface area contributed by atoms with Crippen LogP contribution >= 0.6 is 0 Å². The molecule has 0 aliphatic heterocycles. The van der Waals surface area contributed by atoms with E-state index in [9.17, 15) is 14.0 Å². The lowest BCUT2D eigenvalue weighted by Crippen LogP contribution is -2.32. The first-order valence-electron chi connectivity index (χ1n) is 4.42. The maximum absolute atomic E-state index is 13.3. The molecule has 0 aliphatic rings. The third-order valence-electron chi connectivity index (χ3n) is 2.06. The lowest BCUT2D eigenvalue weighted by Gasteiger charge is -2.07. The normalized spacial score (nSPS) is 12.1. The van der Waals surface area contributed by atoms with Crippen LogP contribution in [0.5, 0.6) is 0 Å². The van der Waals surface area contributed by atoms with E-state index in [2.05, 4.69) is 0 Å². The van der Waals surface area contributed by atoms with Gasteiger partial charge in [0.15, 0.2) is 0 Å². The largest absolute Gasteiger partial charge is 0.480 e. The second-order valence-corrected chi connectivity index (χ2v) is 3.26. The first kappa shape index (κ1) is 12.1. The van der Waals surface area contributed by atoms with E-state index < -0.39 is 23.8 Å². The molecule has 0 amide bonds. The number of nitrogens with two attached hydrogens (primary N) is 1. The molecule has 0 aromatic heterocycles. The lowest BCUT2D eigenvalue weighted by molar-refractivity contribution is -0.138. The number of aliphatic carboxylic acids is 1. The van der Waals surface area contributed by atoms with E-state index in [0.717, 1.165) is 6.07 Å². The highest BCUT2D eigenvalue weighted by Gasteiger charge is 2.15. The molecule has 0 spiro atoms. The predicted molar refractivity (Wildman–Crippen MR) is 52.7 cm³/mol. The third-order valence-corrected chi connectivity index (χ3v) is 2.06. The van der Waals surface area contributed by atoms with Crippen molar-refractivity contribution in [3.8, 4) is 0 Å². The number of aromatic carboxylic acids is 1. The fourth-order valence-electron chi connectivity index (χ4n) is 1.17. The Kier molecular flexibility index (Phi) is 3.57. The van der Waals surface area contributed by atoms with Gasteiger partial charge in [0.1, 0.15) is 11.9 Å². The number of benzene rings is 1. The summed E-state index contributed by atoms with van der Waals surface area (Å²) in [4.78, 5) is 21.0. The van der Waals surface area contributed by atoms with E-state index in [4.69, 9.17) is 15.9 Å². The molecule has 86 valence electrons. The molecular formula is C10H10FNO4. The fourth-order valence-corrected chi connectivity index (χ4v) is 1.17. The van der Waals surface area contributed by atoms with Crippen molar-refractivity contribution < 1.29 is 24.2 Å². The van der Waals surface area contributed by atoms with Crippen molar-refractivity contribution in [3.63, 3.8) is 0 Å². The van der Waals surface area contributed by atoms with Crippen molar-refractivity contribution in [2.75, 3.05) is 0 Å². The summed E-state index contributed by atoms with van der Waals surface area (Å²) in [6.45, 7) is 0. The number of hydrogen-bond donors (Lipinski definition) is 3. The fraction of sp³-hybridized carbons (Fsp3) is 0.200. The average Bonchev–Trinajstić information content (AvgIpc) is 2.20. The molecule has 0 unspecified atom stereocenters. The smallest absolute Gasteiger partial charge is 0.335 e. The van der Waals surface area contributed by atoms with E-state index in [-0.39, 0.29) is 17.5 Å². The van der Waals surface area contributed by atoms with Gasteiger partial charge in [-0.05, 0) is 17.7 Å². The highest BCUT2D eigenvalue weighted by atomic mass is 19.1. The first-order valence-corrected chi connectivity index (χ1v) is 4.42. The molecule has 1 aromatic carbocycles. The molecule has 0 saturated carbocycles. The molecule has 5 nitrogen and oxygen atoms in total. The molecule has 1 atom stereocenters. The van der Waals surface area contributed by atoms with Crippen LogP contribution in [0.2, 0.25) is 0 Å². The monoisotopic (exact) mass is 227 g/mol. The van der Waals surface area contributed by atoms with Crippen molar-refractivity contribution in [1.29, 1.82) is 0 Å². The van der Waals surface area contributed by atoms with E-state index >= 15 is 0 Å². The number of carboxylic acid groups (broad SMARTS) is 2. The van der Waals surface area contributed by atoms with Crippen LogP contribution in [0, 0.1) is 5.82 Å². The van der Waals surface area contributed by atoms with E-state index in [1.807, 2.05) is 0 Å². The zero-order valence-electron chi connectivity index (χ0n) is 8.18. The lowest BCUT2D eigenvalue weighted by atomic mass is 10.0. The molecule has 1 aromatic rings. The van der Waals surface area contributed by atoms with Gasteiger partial charge in [-0.25, -0.2) is 9.18 Å². The van der Waals surface area contributed by atoms with E-state index in [1.54, 1.807) is 0 Å². The van der Waals surface area contributed by atoms with Crippen LogP contribution in [0.3, 0.4) is 0 Å². The summed E-state index contributed by atoms with van der Waals surface area (Å²) in [7, 11) is 0. The van der Waals surface area contributed by atoms with E-state index in [1.165, 1.54) is 12.1 Å². The summed E-state index contributed by atoms with van der Waals surface area (Å²) in [5, 5.41) is 17.1. The predicted octanol–water partition coefficient (Wildman–Crippen LogP) is 0.478. The van der Waals surface area contributed by atoms with Crippen LogP contribution in [0.15, 0.2) is 18.2 Å². The molecule has 0 fully saturated rings. The minimum atomic E-state index is -1.24. The topological polar surface area (TPSA) is 101 Å². The Balaban J connectivity index is 2.91. The maximum atomic E-state index is 13.3. The van der Waals surface area contributed by atoms with Crippen LogP contribution in [-0.2, 0) is 11.2 Å². The number of halogens is 1. The zero-order chi connectivity index (χ0) is 12.3. The Morgan fingerprint density at radius 3 is 2.44 bits per heavy atom. The second-order valence-electron chi connectivity index (χ2n) is 3.26. The molecule has 16 heavy (non-hydrogen) atoms. The Morgan fingerprint density at radius 1 is 1.38 bits per heavy atom. The summed E-state index contributed by atoms with van der Waals surface area (Å²) in [5.74, 6) is -3.24. The van der Waals surface area contributed by atoms with Gasteiger partial charge in [-0.3, -0.25) is 4.79 Å². The van der Waals surface area contributed by atoms with Crippen LogP contribution < -0.4 is 5.73 Å². The molecular weight excluding hydrogens is 217 g/mol. The second kappa shape index (κ2) is 4.71. The SMILES string of the molecule is N[C@@H](Cc1ccc(C(=O)O)cc1F)C(=O)O. The molecule has 6 heteroatoms.